The molecule has 1 fully saturated rings. The molecule has 1 aliphatic rings. The van der Waals surface area contributed by atoms with Crippen molar-refractivity contribution in [1.29, 1.82) is 0 Å². The van der Waals surface area contributed by atoms with E-state index in [1.165, 1.54) is 13.0 Å². The number of benzene rings is 2. The highest BCUT2D eigenvalue weighted by molar-refractivity contribution is 6.34. The monoisotopic (exact) mass is 373 g/mol. The maximum Gasteiger partial charge on any atom is 0.308 e. The average Bonchev–Trinajstić information content (AvgIpc) is 2.64. The molecule has 136 valence electrons. The Labute approximate surface area is 157 Å². The third-order valence-corrected chi connectivity index (χ3v) is 4.37. The molecule has 0 aromatic heterocycles. The van der Waals surface area contributed by atoms with E-state index in [0.29, 0.717) is 22.0 Å². The molecule has 2 aromatic carbocycles. The fourth-order valence-corrected chi connectivity index (χ4v) is 2.99. The second-order valence-corrected chi connectivity index (χ2v) is 6.38. The van der Waals surface area contributed by atoms with Crippen LogP contribution in [-0.2, 0) is 4.79 Å². The maximum atomic E-state index is 12.4. The van der Waals surface area contributed by atoms with E-state index >= 15 is 0 Å². The van der Waals surface area contributed by atoms with Crippen LogP contribution in [0.2, 0.25) is 5.02 Å². The largest absolute Gasteiger partial charge is 0.427 e. The molecule has 1 saturated heterocycles. The summed E-state index contributed by atoms with van der Waals surface area (Å²) >= 11 is 6.15. The molecule has 3 rings (SSSR count). The van der Waals surface area contributed by atoms with Crippen LogP contribution in [0.25, 0.3) is 0 Å². The highest BCUT2D eigenvalue weighted by Crippen LogP contribution is 2.27. The normalized spacial score (nSPS) is 14.0. The van der Waals surface area contributed by atoms with Crippen LogP contribution in [0.15, 0.2) is 42.5 Å². The Morgan fingerprint density at radius 1 is 1.12 bits per heavy atom. The molecule has 0 bridgehead atoms. The molecule has 0 aliphatic carbocycles. The van der Waals surface area contributed by atoms with Crippen molar-refractivity contribution in [3.63, 3.8) is 0 Å². The van der Waals surface area contributed by atoms with Crippen molar-refractivity contribution in [3.8, 4) is 5.75 Å². The molecule has 0 atom stereocenters. The Hall–Kier alpha value is -2.57. The fraction of sp³-hybridized carbons (Fsp3) is 0.263. The second-order valence-electron chi connectivity index (χ2n) is 5.97. The average molecular weight is 374 g/mol. The number of carbonyl (C=O) groups is 2. The molecular formula is C19H20ClN3O3. The molecule has 26 heavy (non-hydrogen) atoms. The molecule has 6 nitrogen and oxygen atoms in total. The van der Waals surface area contributed by atoms with Gasteiger partial charge in [-0.25, -0.2) is 0 Å². The number of nitrogens with zero attached hydrogens (tertiary/aromatic N) is 1. The van der Waals surface area contributed by atoms with Crippen LogP contribution in [-0.4, -0.2) is 38.1 Å². The molecule has 0 saturated carbocycles. The molecule has 2 aromatic rings. The lowest BCUT2D eigenvalue weighted by Crippen LogP contribution is -2.43. The van der Waals surface area contributed by atoms with E-state index in [1.54, 1.807) is 24.3 Å². The Morgan fingerprint density at radius 2 is 1.81 bits per heavy atom. The molecule has 0 unspecified atom stereocenters. The maximum absolute atomic E-state index is 12.4. The van der Waals surface area contributed by atoms with Crippen LogP contribution < -0.4 is 20.3 Å². The van der Waals surface area contributed by atoms with Crippen molar-refractivity contribution >= 4 is 34.9 Å². The van der Waals surface area contributed by atoms with Crippen molar-refractivity contribution in [3.05, 3.63) is 53.1 Å². The number of hydrogen-bond donors (Lipinski definition) is 2. The lowest BCUT2D eigenvalue weighted by atomic mass is 10.1. The third-order valence-electron chi connectivity index (χ3n) is 4.06. The van der Waals surface area contributed by atoms with Crippen LogP contribution >= 0.6 is 11.6 Å². The number of halogens is 1. The predicted molar refractivity (Wildman–Crippen MR) is 102 cm³/mol. The summed E-state index contributed by atoms with van der Waals surface area (Å²) in [4.78, 5) is 25.7. The molecule has 7 heteroatoms. The standard InChI is InChI=1S/C19H20ClN3O3/c1-13(24)26-16-6-7-18(17(20)12-16)22-19(25)14-2-4-15(5-3-14)23-10-8-21-9-11-23/h2-7,12,21H,8-11H2,1H3,(H,22,25). The van der Waals surface area contributed by atoms with Crippen molar-refractivity contribution < 1.29 is 14.3 Å². The topological polar surface area (TPSA) is 70.7 Å². The number of carbonyl (C=O) groups excluding carboxylic acids is 2. The number of anilines is 2. The number of nitrogens with one attached hydrogen (secondary N) is 2. The van der Waals surface area contributed by atoms with Gasteiger partial charge in [0.05, 0.1) is 10.7 Å². The van der Waals surface area contributed by atoms with Gasteiger partial charge in [0.2, 0.25) is 0 Å². The molecular weight excluding hydrogens is 354 g/mol. The summed E-state index contributed by atoms with van der Waals surface area (Å²) in [5, 5.41) is 6.39. The van der Waals surface area contributed by atoms with Gasteiger partial charge in [-0.3, -0.25) is 9.59 Å². The molecule has 1 amide bonds. The van der Waals surface area contributed by atoms with Crippen molar-refractivity contribution in [2.75, 3.05) is 36.4 Å². The number of ether oxygens (including phenoxy) is 1. The Bertz CT molecular complexity index is 802. The van der Waals surface area contributed by atoms with Gasteiger partial charge in [-0.15, -0.1) is 0 Å². The second kappa shape index (κ2) is 8.21. The zero-order valence-corrected chi connectivity index (χ0v) is 15.2. The Balaban J connectivity index is 1.67. The van der Waals surface area contributed by atoms with Crippen LogP contribution in [0.1, 0.15) is 17.3 Å². The molecule has 0 radical (unpaired) electrons. The lowest BCUT2D eigenvalue weighted by Gasteiger charge is -2.29. The van der Waals surface area contributed by atoms with E-state index in [-0.39, 0.29) is 5.91 Å². The summed E-state index contributed by atoms with van der Waals surface area (Å²) in [6.07, 6.45) is 0. The quantitative estimate of drug-likeness (QED) is 0.637. The van der Waals surface area contributed by atoms with E-state index in [1.807, 2.05) is 12.1 Å². The van der Waals surface area contributed by atoms with Crippen molar-refractivity contribution in [2.45, 2.75) is 6.92 Å². The van der Waals surface area contributed by atoms with E-state index < -0.39 is 5.97 Å². The minimum absolute atomic E-state index is 0.251. The smallest absolute Gasteiger partial charge is 0.308 e. The summed E-state index contributed by atoms with van der Waals surface area (Å²) in [5.41, 5.74) is 2.11. The van der Waals surface area contributed by atoms with Crippen LogP contribution in [0.4, 0.5) is 11.4 Å². The van der Waals surface area contributed by atoms with Gasteiger partial charge in [0.15, 0.2) is 0 Å². The van der Waals surface area contributed by atoms with Crippen molar-refractivity contribution in [1.82, 2.24) is 5.32 Å². The van der Waals surface area contributed by atoms with E-state index in [9.17, 15) is 9.59 Å². The van der Waals surface area contributed by atoms with Gasteiger partial charge in [0.25, 0.3) is 5.91 Å². The van der Waals surface area contributed by atoms with Crippen LogP contribution in [0.3, 0.4) is 0 Å². The minimum Gasteiger partial charge on any atom is -0.427 e. The number of piperazine rings is 1. The summed E-state index contributed by atoms with van der Waals surface area (Å²) < 4.78 is 4.97. The van der Waals surface area contributed by atoms with E-state index in [4.69, 9.17) is 16.3 Å². The van der Waals surface area contributed by atoms with Gasteiger partial charge in [-0.1, -0.05) is 11.6 Å². The minimum atomic E-state index is -0.428. The molecule has 2 N–H and O–H groups in total. The first-order valence-electron chi connectivity index (χ1n) is 8.38. The first-order chi connectivity index (χ1) is 12.5. The zero-order chi connectivity index (χ0) is 18.5. The van der Waals surface area contributed by atoms with Gasteiger partial charge in [-0.05, 0) is 36.4 Å². The van der Waals surface area contributed by atoms with E-state index in [0.717, 1.165) is 31.9 Å². The molecule has 1 heterocycles. The Morgan fingerprint density at radius 3 is 2.42 bits per heavy atom. The van der Waals surface area contributed by atoms with Gasteiger partial charge < -0.3 is 20.3 Å². The summed E-state index contributed by atoms with van der Waals surface area (Å²) in [6, 6.07) is 12.2. The zero-order valence-electron chi connectivity index (χ0n) is 14.4. The van der Waals surface area contributed by atoms with Crippen molar-refractivity contribution in [2.24, 2.45) is 0 Å². The number of esters is 1. The predicted octanol–water partition coefficient (Wildman–Crippen LogP) is 2.93. The van der Waals surface area contributed by atoms with Gasteiger partial charge in [-0.2, -0.15) is 0 Å². The van der Waals surface area contributed by atoms with Gasteiger partial charge in [0, 0.05) is 50.4 Å². The molecule has 1 aliphatic heterocycles. The van der Waals surface area contributed by atoms with Crippen LogP contribution in [0.5, 0.6) is 5.75 Å². The number of amides is 1. The Kier molecular flexibility index (Phi) is 5.75. The molecule has 0 spiro atoms. The van der Waals surface area contributed by atoms with E-state index in [2.05, 4.69) is 15.5 Å². The van der Waals surface area contributed by atoms with Gasteiger partial charge in [0.1, 0.15) is 5.75 Å². The summed E-state index contributed by atoms with van der Waals surface area (Å²) in [7, 11) is 0. The summed E-state index contributed by atoms with van der Waals surface area (Å²) in [6.45, 7) is 5.15. The highest BCUT2D eigenvalue weighted by atomic mass is 35.5. The van der Waals surface area contributed by atoms with Gasteiger partial charge >= 0.3 is 5.97 Å². The third kappa shape index (κ3) is 4.53. The first-order valence-corrected chi connectivity index (χ1v) is 8.76. The van der Waals surface area contributed by atoms with Crippen LogP contribution in [0, 0.1) is 0 Å². The summed E-state index contributed by atoms with van der Waals surface area (Å²) in [5.74, 6) is -0.345. The SMILES string of the molecule is CC(=O)Oc1ccc(NC(=O)c2ccc(N3CCNCC3)cc2)c(Cl)c1. The first kappa shape index (κ1) is 18.2. The number of hydrogen-bond acceptors (Lipinski definition) is 5. The number of rotatable bonds is 4. The highest BCUT2D eigenvalue weighted by Gasteiger charge is 2.13. The lowest BCUT2D eigenvalue weighted by molar-refractivity contribution is -0.131. The fourth-order valence-electron chi connectivity index (χ4n) is 2.77.